The first-order valence-electron chi connectivity index (χ1n) is 17.3. The van der Waals surface area contributed by atoms with Crippen molar-refractivity contribution in [3.05, 3.63) is 47.3 Å². The van der Waals surface area contributed by atoms with Gasteiger partial charge in [0.15, 0.2) is 0 Å². The fourth-order valence-corrected chi connectivity index (χ4v) is 8.62. The van der Waals surface area contributed by atoms with Crippen LogP contribution in [0.25, 0.3) is 0 Å². The number of hydrogen-bond donors (Lipinski definition) is 3. The van der Waals surface area contributed by atoms with Gasteiger partial charge in [-0.2, -0.15) is 0 Å². The molecule has 6 aliphatic rings. The summed E-state index contributed by atoms with van der Waals surface area (Å²) in [6, 6.07) is 3.13. The number of hydrogen-bond acceptors (Lipinski definition) is 8. The minimum Gasteiger partial charge on any atom is -0.444 e. The van der Waals surface area contributed by atoms with Crippen molar-refractivity contribution in [1.29, 1.82) is 0 Å². The van der Waals surface area contributed by atoms with Crippen molar-refractivity contribution in [2.75, 3.05) is 13.1 Å². The van der Waals surface area contributed by atoms with Crippen LogP contribution in [0.15, 0.2) is 30.4 Å². The molecule has 14 heteroatoms. The topological polar surface area (TPSA) is 154 Å². The van der Waals surface area contributed by atoms with Crippen LogP contribution >= 0.6 is 0 Å². The summed E-state index contributed by atoms with van der Waals surface area (Å²) in [5, 5.41) is 5.68. The predicted molar refractivity (Wildman–Crippen MR) is 172 cm³/mol. The summed E-state index contributed by atoms with van der Waals surface area (Å²) < 4.78 is 47.9. The van der Waals surface area contributed by atoms with Crippen LogP contribution in [0.1, 0.15) is 81.8 Å². The number of carbonyl (C=O) groups excluding carboxylic acids is 4. The zero-order valence-electron chi connectivity index (χ0n) is 27.0. The molecule has 7 rings (SSSR count). The molecule has 0 bridgehead atoms. The number of rotatable bonds is 7. The largest absolute Gasteiger partial charge is 0.444 e. The van der Waals surface area contributed by atoms with E-state index in [9.17, 15) is 32.0 Å². The van der Waals surface area contributed by atoms with Crippen molar-refractivity contribution in [3.8, 4) is 0 Å². The Labute approximate surface area is 280 Å². The van der Waals surface area contributed by atoms with Gasteiger partial charge in [-0.25, -0.2) is 17.6 Å². The Hall–Kier alpha value is -3.52. The number of ether oxygens (including phenoxy) is 1. The van der Waals surface area contributed by atoms with E-state index in [0.29, 0.717) is 42.9 Å². The van der Waals surface area contributed by atoms with Crippen LogP contribution in [-0.2, 0) is 42.2 Å². The maximum Gasteiger partial charge on any atom is 0.410 e. The van der Waals surface area contributed by atoms with Crippen LogP contribution in [0.2, 0.25) is 0 Å². The van der Waals surface area contributed by atoms with Crippen LogP contribution in [0, 0.1) is 17.7 Å². The van der Waals surface area contributed by atoms with Gasteiger partial charge >= 0.3 is 6.09 Å². The summed E-state index contributed by atoms with van der Waals surface area (Å²) in [4.78, 5) is 58.0. The third-order valence-corrected chi connectivity index (χ3v) is 12.5. The maximum atomic E-state index is 14.4. The van der Waals surface area contributed by atoms with Crippen molar-refractivity contribution in [1.82, 2.24) is 25.2 Å². The van der Waals surface area contributed by atoms with Crippen LogP contribution in [0.5, 0.6) is 0 Å². The molecule has 1 aromatic carbocycles. The number of nitrogens with one attached hydrogen (secondary N) is 3. The lowest BCUT2D eigenvalue weighted by atomic mass is 10.0. The zero-order chi connectivity index (χ0) is 33.6. The van der Waals surface area contributed by atoms with Gasteiger partial charge in [0.1, 0.15) is 23.5 Å². The first-order valence-corrected chi connectivity index (χ1v) is 18.9. The third-order valence-electron chi connectivity index (χ3n) is 10.6. The summed E-state index contributed by atoms with van der Waals surface area (Å²) in [5.74, 6) is -1.89. The van der Waals surface area contributed by atoms with E-state index in [4.69, 9.17) is 4.74 Å². The Balaban J connectivity index is 1.11. The van der Waals surface area contributed by atoms with E-state index in [-0.39, 0.29) is 38.4 Å². The summed E-state index contributed by atoms with van der Waals surface area (Å²) in [6.07, 6.45) is 9.77. The molecule has 1 saturated heterocycles. The second-order valence-electron chi connectivity index (χ2n) is 14.4. The molecule has 0 aromatic heterocycles. The number of sulfonamides is 1. The monoisotopic (exact) mass is 685 g/mol. The fraction of sp³-hybridized carbons (Fsp3) is 0.647. The van der Waals surface area contributed by atoms with Crippen LogP contribution < -0.4 is 15.4 Å². The normalized spacial score (nSPS) is 31.4. The Morgan fingerprint density at radius 1 is 1.06 bits per heavy atom. The molecule has 0 radical (unpaired) electrons. The molecular weight excluding hydrogens is 641 g/mol. The minimum atomic E-state index is -3.86. The van der Waals surface area contributed by atoms with E-state index in [1.807, 2.05) is 12.2 Å². The summed E-state index contributed by atoms with van der Waals surface area (Å²) in [7, 11) is -3.86. The predicted octanol–water partition coefficient (Wildman–Crippen LogP) is 2.62. The molecule has 4 amide bonds. The molecule has 0 unspecified atom stereocenters. The van der Waals surface area contributed by atoms with Crippen LogP contribution in [0.3, 0.4) is 0 Å². The van der Waals surface area contributed by atoms with Gasteiger partial charge < -0.3 is 20.3 Å². The zero-order valence-corrected chi connectivity index (χ0v) is 27.8. The van der Waals surface area contributed by atoms with Crippen molar-refractivity contribution in [2.45, 2.75) is 113 Å². The smallest absolute Gasteiger partial charge is 0.410 e. The van der Waals surface area contributed by atoms with Crippen LogP contribution in [0.4, 0.5) is 9.18 Å². The molecule has 3 N–H and O–H groups in total. The molecule has 1 aromatic rings. The van der Waals surface area contributed by atoms with Crippen LogP contribution in [-0.4, -0.2) is 84.1 Å². The van der Waals surface area contributed by atoms with Crippen molar-refractivity contribution >= 4 is 33.8 Å². The van der Waals surface area contributed by atoms with Gasteiger partial charge in [0, 0.05) is 24.4 Å². The van der Waals surface area contributed by atoms with E-state index in [2.05, 4.69) is 15.4 Å². The SMILES string of the molecule is O=C1N[C@]2(C(=O)NS(=O)(=O)C3CC3)C[C@H]2/C=C\CCCCC[C@H](NCC2CC2)C(=O)N2C[C@H](OC(=O)N3Cc4cccc(F)c4C3)C[C@@H]12. The van der Waals surface area contributed by atoms with Crippen molar-refractivity contribution < 1.29 is 36.7 Å². The Morgan fingerprint density at radius 2 is 1.88 bits per heavy atom. The van der Waals surface area contributed by atoms with E-state index in [1.165, 1.54) is 15.9 Å². The lowest BCUT2D eigenvalue weighted by Gasteiger charge is -2.30. The quantitative estimate of drug-likeness (QED) is 0.371. The summed E-state index contributed by atoms with van der Waals surface area (Å²) >= 11 is 0. The highest BCUT2D eigenvalue weighted by Crippen LogP contribution is 2.46. The van der Waals surface area contributed by atoms with Gasteiger partial charge in [0.2, 0.25) is 21.8 Å². The first kappa shape index (κ1) is 33.0. The number of allylic oxidation sites excluding steroid dienone is 1. The molecule has 3 aliphatic carbocycles. The Kier molecular flexibility index (Phi) is 8.99. The highest BCUT2D eigenvalue weighted by molar-refractivity contribution is 7.91. The Morgan fingerprint density at radius 3 is 2.62 bits per heavy atom. The van der Waals surface area contributed by atoms with Gasteiger partial charge in [-0.1, -0.05) is 37.1 Å². The molecule has 0 spiro atoms. The van der Waals surface area contributed by atoms with Gasteiger partial charge in [0.05, 0.1) is 24.4 Å². The van der Waals surface area contributed by atoms with E-state index >= 15 is 0 Å². The molecule has 5 atom stereocenters. The third kappa shape index (κ3) is 6.96. The summed E-state index contributed by atoms with van der Waals surface area (Å²) in [5.41, 5.74) is -0.327. The summed E-state index contributed by atoms with van der Waals surface area (Å²) in [6.45, 7) is 0.936. The fourth-order valence-electron chi connectivity index (χ4n) is 7.26. The highest BCUT2D eigenvalue weighted by atomic mass is 32.2. The lowest BCUT2D eigenvalue weighted by molar-refractivity contribution is -0.141. The second-order valence-corrected chi connectivity index (χ2v) is 16.4. The van der Waals surface area contributed by atoms with Crippen molar-refractivity contribution in [3.63, 3.8) is 0 Å². The molecule has 3 saturated carbocycles. The van der Waals surface area contributed by atoms with Crippen molar-refractivity contribution in [2.24, 2.45) is 11.8 Å². The minimum absolute atomic E-state index is 0.00633. The lowest BCUT2D eigenvalue weighted by Crippen LogP contribution is -2.58. The van der Waals surface area contributed by atoms with Gasteiger partial charge in [0.25, 0.3) is 5.91 Å². The van der Waals surface area contributed by atoms with E-state index in [0.717, 1.165) is 38.5 Å². The number of fused-ring (bicyclic) bond motifs is 3. The number of carbonyl (C=O) groups is 4. The molecule has 260 valence electrons. The van der Waals surface area contributed by atoms with Gasteiger partial charge in [-0.15, -0.1) is 0 Å². The average Bonchev–Trinajstić information content (AvgIpc) is 3.99. The molecule has 48 heavy (non-hydrogen) atoms. The second kappa shape index (κ2) is 13.1. The van der Waals surface area contributed by atoms with E-state index < -0.39 is 68.6 Å². The number of halogens is 1. The maximum absolute atomic E-state index is 14.4. The molecule has 3 heterocycles. The number of amides is 4. The molecule has 4 fully saturated rings. The first-order chi connectivity index (χ1) is 23.0. The van der Waals surface area contributed by atoms with Gasteiger partial charge in [-0.05, 0) is 75.5 Å². The van der Waals surface area contributed by atoms with E-state index in [1.54, 1.807) is 12.1 Å². The molecule has 12 nitrogen and oxygen atoms in total. The average molecular weight is 686 g/mol. The highest BCUT2D eigenvalue weighted by Gasteiger charge is 2.62. The van der Waals surface area contributed by atoms with Gasteiger partial charge in [-0.3, -0.25) is 24.0 Å². The Bertz CT molecular complexity index is 1610. The number of benzene rings is 1. The number of nitrogens with zero attached hydrogens (tertiary/aromatic N) is 2. The standard InChI is InChI=1S/C34H44FN5O7S/c35-27-9-6-7-22-18-39(20-26(22)27)33(44)47-24-15-29-30(41)37-34(32(43)38-48(45,46)25-13-14-25)16-23(34)8-4-2-1-3-5-10-28(31(42)40(29)19-24)36-17-21-11-12-21/h4,6-9,21,23-25,28-29,36H,1-3,5,10-20H2,(H,37,41)(H,38,43)/b8-4-/t23-,24-,28+,29+,34-/m1/s1. The molecule has 3 aliphatic heterocycles. The molecular formula is C34H44FN5O7S.